The highest BCUT2D eigenvalue weighted by molar-refractivity contribution is 5.90. The standard InChI is InChI=1S/C32H39FO6/c1-5-6-7-8-23-9-11-24(12-10-23)27-17-25(13-15-29(27)38-31(35)21(2)19-34)26-14-16-30(28(33)18-26)39-32(36)22(3)20-37-4/h13-18,23-24,34H,2-3,5-12,19-20H2,1,4H3. The van der Waals surface area contributed by atoms with Crippen LogP contribution in [0, 0.1) is 11.7 Å². The number of unbranched alkanes of at least 4 members (excludes halogenated alkanes) is 2. The van der Waals surface area contributed by atoms with Crippen molar-refractivity contribution < 1.29 is 33.3 Å². The zero-order valence-electron chi connectivity index (χ0n) is 23.0. The summed E-state index contributed by atoms with van der Waals surface area (Å²) < 4.78 is 30.5. The molecule has 1 aliphatic rings. The number of carbonyl (C=O) groups excluding carboxylic acids is 2. The van der Waals surface area contributed by atoms with E-state index in [1.807, 2.05) is 6.07 Å². The van der Waals surface area contributed by atoms with Gasteiger partial charge < -0.3 is 19.3 Å². The second-order valence-corrected chi connectivity index (χ2v) is 10.2. The molecule has 0 aromatic heterocycles. The Labute approximate surface area is 230 Å². The lowest BCUT2D eigenvalue weighted by atomic mass is 9.76. The number of aliphatic hydroxyl groups is 1. The van der Waals surface area contributed by atoms with Gasteiger partial charge in [0.2, 0.25) is 0 Å². The van der Waals surface area contributed by atoms with Crippen LogP contribution in [0.5, 0.6) is 11.5 Å². The summed E-state index contributed by atoms with van der Waals surface area (Å²) in [6.45, 7) is 8.87. The molecule has 39 heavy (non-hydrogen) atoms. The first-order valence-electron chi connectivity index (χ1n) is 13.6. The molecule has 0 spiro atoms. The van der Waals surface area contributed by atoms with Gasteiger partial charge in [-0.1, -0.05) is 57.9 Å². The summed E-state index contributed by atoms with van der Waals surface area (Å²) in [5.41, 5.74) is 2.28. The van der Waals surface area contributed by atoms with E-state index in [0.717, 1.165) is 36.8 Å². The van der Waals surface area contributed by atoms with E-state index in [-0.39, 0.29) is 29.4 Å². The van der Waals surface area contributed by atoms with Gasteiger partial charge in [-0.3, -0.25) is 0 Å². The number of ether oxygens (including phenoxy) is 3. The highest BCUT2D eigenvalue weighted by atomic mass is 19.1. The topological polar surface area (TPSA) is 82.1 Å². The lowest BCUT2D eigenvalue weighted by Crippen LogP contribution is -2.17. The summed E-state index contributed by atoms with van der Waals surface area (Å²) in [5, 5.41) is 9.29. The van der Waals surface area contributed by atoms with E-state index in [4.69, 9.17) is 14.2 Å². The lowest BCUT2D eigenvalue weighted by Gasteiger charge is -2.30. The third-order valence-corrected chi connectivity index (χ3v) is 7.27. The normalized spacial score (nSPS) is 16.9. The minimum absolute atomic E-state index is 0.00938. The maximum absolute atomic E-state index is 14.9. The summed E-state index contributed by atoms with van der Waals surface area (Å²) in [7, 11) is 1.43. The minimum Gasteiger partial charge on any atom is -0.423 e. The van der Waals surface area contributed by atoms with Crippen LogP contribution in [0.3, 0.4) is 0 Å². The van der Waals surface area contributed by atoms with Gasteiger partial charge in [-0.05, 0) is 78.5 Å². The van der Waals surface area contributed by atoms with Crippen molar-refractivity contribution in [2.24, 2.45) is 5.92 Å². The van der Waals surface area contributed by atoms with Crippen molar-refractivity contribution >= 4 is 11.9 Å². The molecule has 0 unspecified atom stereocenters. The van der Waals surface area contributed by atoms with Crippen LogP contribution < -0.4 is 9.47 Å². The molecule has 1 saturated carbocycles. The van der Waals surface area contributed by atoms with Crippen LogP contribution >= 0.6 is 0 Å². The molecule has 0 radical (unpaired) electrons. The van der Waals surface area contributed by atoms with E-state index in [0.29, 0.717) is 17.2 Å². The molecule has 0 bridgehead atoms. The Balaban J connectivity index is 1.84. The monoisotopic (exact) mass is 538 g/mol. The highest BCUT2D eigenvalue weighted by Gasteiger charge is 2.26. The van der Waals surface area contributed by atoms with Crippen molar-refractivity contribution in [3.05, 3.63) is 72.1 Å². The van der Waals surface area contributed by atoms with Crippen molar-refractivity contribution in [1.29, 1.82) is 0 Å². The quantitative estimate of drug-likeness (QED) is 0.129. The molecule has 1 aliphatic carbocycles. The summed E-state index contributed by atoms with van der Waals surface area (Å²) >= 11 is 0. The Hall–Kier alpha value is -3.29. The fourth-order valence-corrected chi connectivity index (χ4v) is 4.99. The molecule has 0 saturated heterocycles. The van der Waals surface area contributed by atoms with Crippen LogP contribution in [-0.2, 0) is 14.3 Å². The third-order valence-electron chi connectivity index (χ3n) is 7.27. The summed E-state index contributed by atoms with van der Waals surface area (Å²) in [6.07, 6.45) is 9.13. The van der Waals surface area contributed by atoms with Crippen LogP contribution in [0.25, 0.3) is 11.1 Å². The number of hydrogen-bond donors (Lipinski definition) is 1. The molecule has 1 N–H and O–H groups in total. The zero-order valence-corrected chi connectivity index (χ0v) is 23.0. The predicted octanol–water partition coefficient (Wildman–Crippen LogP) is 6.91. The third kappa shape index (κ3) is 8.35. The molecule has 7 heteroatoms. The van der Waals surface area contributed by atoms with Crippen molar-refractivity contribution in [2.75, 3.05) is 20.3 Å². The number of methoxy groups -OCH3 is 1. The first-order chi connectivity index (χ1) is 18.8. The summed E-state index contributed by atoms with van der Waals surface area (Å²) in [5.74, 6) is -0.991. The van der Waals surface area contributed by atoms with Crippen LogP contribution in [0.2, 0.25) is 0 Å². The van der Waals surface area contributed by atoms with Crippen molar-refractivity contribution in [1.82, 2.24) is 0 Å². The molecule has 0 amide bonds. The van der Waals surface area contributed by atoms with Crippen molar-refractivity contribution in [3.8, 4) is 22.6 Å². The number of halogens is 1. The number of rotatable bonds is 13. The number of aliphatic hydroxyl groups excluding tert-OH is 1. The van der Waals surface area contributed by atoms with Gasteiger partial charge in [-0.2, -0.15) is 0 Å². The fraction of sp³-hybridized carbons (Fsp3) is 0.438. The Morgan fingerprint density at radius 2 is 1.54 bits per heavy atom. The molecule has 2 aromatic carbocycles. The molecule has 3 rings (SSSR count). The Morgan fingerprint density at radius 3 is 2.15 bits per heavy atom. The molecular formula is C32H39FO6. The first-order valence-corrected chi connectivity index (χ1v) is 13.6. The van der Waals surface area contributed by atoms with E-state index >= 15 is 0 Å². The highest BCUT2D eigenvalue weighted by Crippen LogP contribution is 2.43. The minimum atomic E-state index is -0.758. The first kappa shape index (κ1) is 30.3. The Morgan fingerprint density at radius 1 is 0.923 bits per heavy atom. The number of carbonyl (C=O) groups is 2. The van der Waals surface area contributed by atoms with E-state index in [9.17, 15) is 19.1 Å². The van der Waals surface area contributed by atoms with Crippen LogP contribution in [-0.4, -0.2) is 37.4 Å². The van der Waals surface area contributed by atoms with Gasteiger partial charge in [0.05, 0.1) is 24.4 Å². The summed E-state index contributed by atoms with van der Waals surface area (Å²) in [4.78, 5) is 24.5. The Kier molecular flexibility index (Phi) is 11.4. The van der Waals surface area contributed by atoms with Gasteiger partial charge in [0.25, 0.3) is 0 Å². The Bertz CT molecular complexity index is 1180. The van der Waals surface area contributed by atoms with E-state index in [1.54, 1.807) is 18.2 Å². The average molecular weight is 539 g/mol. The second kappa shape index (κ2) is 14.8. The molecule has 210 valence electrons. The SMILES string of the molecule is C=C(COC)C(=O)Oc1ccc(-c2ccc(OC(=O)C(=C)CO)c(C3CCC(CCCCC)CC3)c2)cc1F. The molecule has 6 nitrogen and oxygen atoms in total. The largest absolute Gasteiger partial charge is 0.423 e. The average Bonchev–Trinajstić information content (AvgIpc) is 2.94. The van der Waals surface area contributed by atoms with Crippen molar-refractivity contribution in [3.63, 3.8) is 0 Å². The van der Waals surface area contributed by atoms with E-state index < -0.39 is 24.4 Å². The summed E-state index contributed by atoms with van der Waals surface area (Å²) in [6, 6.07) is 9.79. The van der Waals surface area contributed by atoms with Gasteiger partial charge >= 0.3 is 11.9 Å². The molecule has 0 atom stereocenters. The maximum Gasteiger partial charge on any atom is 0.341 e. The zero-order chi connectivity index (χ0) is 28.4. The maximum atomic E-state index is 14.9. The number of hydrogen-bond acceptors (Lipinski definition) is 6. The smallest absolute Gasteiger partial charge is 0.341 e. The van der Waals surface area contributed by atoms with E-state index in [2.05, 4.69) is 20.1 Å². The number of esters is 2. The molecule has 2 aromatic rings. The lowest BCUT2D eigenvalue weighted by molar-refractivity contribution is -0.131. The van der Waals surface area contributed by atoms with Crippen molar-refractivity contribution in [2.45, 2.75) is 64.2 Å². The van der Waals surface area contributed by atoms with E-state index in [1.165, 1.54) is 44.9 Å². The predicted molar refractivity (Wildman–Crippen MR) is 149 cm³/mol. The number of benzene rings is 2. The van der Waals surface area contributed by atoms with Gasteiger partial charge in [-0.15, -0.1) is 0 Å². The molecular weight excluding hydrogens is 499 g/mol. The molecule has 0 heterocycles. The van der Waals surface area contributed by atoms with Gasteiger partial charge in [-0.25, -0.2) is 14.0 Å². The van der Waals surface area contributed by atoms with Gasteiger partial charge in [0.15, 0.2) is 11.6 Å². The van der Waals surface area contributed by atoms with Gasteiger partial charge in [0, 0.05) is 7.11 Å². The van der Waals surface area contributed by atoms with Crippen LogP contribution in [0.15, 0.2) is 60.7 Å². The fourth-order valence-electron chi connectivity index (χ4n) is 4.99. The van der Waals surface area contributed by atoms with Crippen LogP contribution in [0.1, 0.15) is 69.8 Å². The molecule has 1 fully saturated rings. The second-order valence-electron chi connectivity index (χ2n) is 10.2. The van der Waals surface area contributed by atoms with Crippen LogP contribution in [0.4, 0.5) is 4.39 Å². The molecule has 0 aliphatic heterocycles. The van der Waals surface area contributed by atoms with Gasteiger partial charge in [0.1, 0.15) is 5.75 Å².